The summed E-state index contributed by atoms with van der Waals surface area (Å²) in [6, 6.07) is 6.14. The van der Waals surface area contributed by atoms with Crippen molar-refractivity contribution >= 4 is 27.8 Å². The Hall–Kier alpha value is -1.40. The largest absolute Gasteiger partial charge is 0.480 e. The highest BCUT2D eigenvalue weighted by molar-refractivity contribution is 9.10. The number of nitrogens with one attached hydrogen (secondary N) is 1. The van der Waals surface area contributed by atoms with E-state index in [4.69, 9.17) is 10.2 Å². The van der Waals surface area contributed by atoms with Crippen LogP contribution >= 0.6 is 15.9 Å². The molecule has 5 nitrogen and oxygen atoms in total. The molecule has 0 aliphatic rings. The summed E-state index contributed by atoms with van der Waals surface area (Å²) in [5.41, 5.74) is 0.795. The molecule has 3 N–H and O–H groups in total. The number of carbonyl (C=O) groups excluding carboxylic acids is 1. The lowest BCUT2D eigenvalue weighted by atomic mass is 10.1. The van der Waals surface area contributed by atoms with Gasteiger partial charge in [0.25, 0.3) is 0 Å². The molecule has 0 bridgehead atoms. The van der Waals surface area contributed by atoms with Gasteiger partial charge in [0.2, 0.25) is 5.91 Å². The quantitative estimate of drug-likeness (QED) is 0.729. The van der Waals surface area contributed by atoms with Crippen LogP contribution in [0.5, 0.6) is 0 Å². The molecule has 18 heavy (non-hydrogen) atoms. The van der Waals surface area contributed by atoms with Crippen molar-refractivity contribution in [2.24, 2.45) is 0 Å². The molecule has 1 unspecified atom stereocenters. The predicted molar refractivity (Wildman–Crippen MR) is 69.1 cm³/mol. The number of aliphatic carboxylic acids is 1. The van der Waals surface area contributed by atoms with E-state index >= 15 is 0 Å². The van der Waals surface area contributed by atoms with E-state index in [2.05, 4.69) is 21.2 Å². The summed E-state index contributed by atoms with van der Waals surface area (Å²) >= 11 is 3.29. The zero-order valence-electron chi connectivity index (χ0n) is 9.60. The molecule has 1 rings (SSSR count). The molecule has 98 valence electrons. The molecule has 0 saturated carbocycles. The highest BCUT2D eigenvalue weighted by Crippen LogP contribution is 2.10. The number of benzene rings is 1. The van der Waals surface area contributed by atoms with E-state index in [1.165, 1.54) is 0 Å². The number of hydrogen-bond acceptors (Lipinski definition) is 3. The SMILES string of the molecule is O=C(Cc1ccc(Br)cc1)NC(CCO)C(=O)O. The Morgan fingerprint density at radius 3 is 2.39 bits per heavy atom. The van der Waals surface area contributed by atoms with Crippen LogP contribution in [0, 0.1) is 0 Å². The molecular weight excluding hydrogens is 302 g/mol. The number of aliphatic hydroxyl groups is 1. The van der Waals surface area contributed by atoms with Crippen molar-refractivity contribution in [3.8, 4) is 0 Å². The maximum atomic E-state index is 11.6. The summed E-state index contributed by atoms with van der Waals surface area (Å²) in [5.74, 6) is -1.52. The average Bonchev–Trinajstić information content (AvgIpc) is 2.31. The van der Waals surface area contributed by atoms with E-state index in [1.807, 2.05) is 12.1 Å². The molecule has 0 saturated heterocycles. The molecule has 0 heterocycles. The van der Waals surface area contributed by atoms with Gasteiger partial charge in [0.05, 0.1) is 6.42 Å². The first-order valence-electron chi connectivity index (χ1n) is 5.40. The second kappa shape index (κ2) is 7.13. The minimum atomic E-state index is -1.15. The van der Waals surface area contributed by atoms with Gasteiger partial charge in [0, 0.05) is 17.5 Å². The summed E-state index contributed by atoms with van der Waals surface area (Å²) < 4.78 is 0.912. The lowest BCUT2D eigenvalue weighted by Crippen LogP contribution is -2.42. The maximum Gasteiger partial charge on any atom is 0.326 e. The first kappa shape index (κ1) is 14.7. The van der Waals surface area contributed by atoms with Crippen molar-refractivity contribution in [3.63, 3.8) is 0 Å². The Labute approximate surface area is 113 Å². The van der Waals surface area contributed by atoms with Crippen molar-refractivity contribution in [2.75, 3.05) is 6.61 Å². The van der Waals surface area contributed by atoms with Crippen LogP contribution in [0.2, 0.25) is 0 Å². The van der Waals surface area contributed by atoms with Gasteiger partial charge < -0.3 is 15.5 Å². The Morgan fingerprint density at radius 2 is 1.89 bits per heavy atom. The summed E-state index contributed by atoms with van der Waals surface area (Å²) in [6.45, 7) is -0.282. The number of carboxylic acid groups (broad SMARTS) is 1. The second-order valence-corrected chi connectivity index (χ2v) is 4.69. The maximum absolute atomic E-state index is 11.6. The van der Waals surface area contributed by atoms with Crippen LogP contribution in [0.3, 0.4) is 0 Å². The number of rotatable bonds is 6. The summed E-state index contributed by atoms with van der Waals surface area (Å²) in [4.78, 5) is 22.4. The van der Waals surface area contributed by atoms with Crippen molar-refractivity contribution in [2.45, 2.75) is 18.9 Å². The normalized spacial score (nSPS) is 11.9. The fourth-order valence-corrected chi connectivity index (χ4v) is 1.68. The van der Waals surface area contributed by atoms with Crippen LogP contribution in [0.25, 0.3) is 0 Å². The molecule has 0 aromatic heterocycles. The van der Waals surface area contributed by atoms with Gasteiger partial charge in [-0.2, -0.15) is 0 Å². The second-order valence-electron chi connectivity index (χ2n) is 3.77. The Morgan fingerprint density at radius 1 is 1.28 bits per heavy atom. The molecule has 0 aliphatic heterocycles. The average molecular weight is 316 g/mol. The van der Waals surface area contributed by atoms with Crippen LogP contribution in [-0.2, 0) is 16.0 Å². The number of carboxylic acids is 1. The Bertz CT molecular complexity index is 419. The van der Waals surface area contributed by atoms with E-state index in [0.717, 1.165) is 10.0 Å². The molecule has 1 aromatic rings. The number of amides is 1. The van der Waals surface area contributed by atoms with E-state index < -0.39 is 12.0 Å². The van der Waals surface area contributed by atoms with E-state index in [1.54, 1.807) is 12.1 Å². The van der Waals surface area contributed by atoms with Crippen LogP contribution in [-0.4, -0.2) is 34.7 Å². The Kier molecular flexibility index (Phi) is 5.80. The zero-order valence-corrected chi connectivity index (χ0v) is 11.2. The van der Waals surface area contributed by atoms with Gasteiger partial charge in [-0.25, -0.2) is 4.79 Å². The highest BCUT2D eigenvalue weighted by Gasteiger charge is 2.18. The van der Waals surface area contributed by atoms with Crippen LogP contribution in [0.1, 0.15) is 12.0 Å². The number of aliphatic hydroxyl groups excluding tert-OH is 1. The van der Waals surface area contributed by atoms with Crippen molar-refractivity contribution in [3.05, 3.63) is 34.3 Å². The fourth-order valence-electron chi connectivity index (χ4n) is 1.42. The van der Waals surface area contributed by atoms with Crippen molar-refractivity contribution < 1.29 is 19.8 Å². The van der Waals surface area contributed by atoms with Crippen LogP contribution in [0.4, 0.5) is 0 Å². The molecule has 6 heteroatoms. The zero-order chi connectivity index (χ0) is 13.5. The van der Waals surface area contributed by atoms with Crippen molar-refractivity contribution in [1.82, 2.24) is 5.32 Å². The van der Waals surface area contributed by atoms with Gasteiger partial charge in [-0.1, -0.05) is 28.1 Å². The lowest BCUT2D eigenvalue weighted by molar-refractivity contribution is -0.142. The monoisotopic (exact) mass is 315 g/mol. The summed E-state index contributed by atoms with van der Waals surface area (Å²) in [7, 11) is 0. The number of hydrogen-bond donors (Lipinski definition) is 3. The minimum Gasteiger partial charge on any atom is -0.480 e. The van der Waals surface area contributed by atoms with E-state index in [0.29, 0.717) is 0 Å². The molecule has 0 spiro atoms. The predicted octanol–water partition coefficient (Wildman–Crippen LogP) is 0.943. The van der Waals surface area contributed by atoms with Gasteiger partial charge in [-0.05, 0) is 17.7 Å². The molecular formula is C12H14BrNO4. The summed E-state index contributed by atoms with van der Waals surface area (Å²) in [5, 5.41) is 19.9. The molecule has 0 fully saturated rings. The first-order valence-corrected chi connectivity index (χ1v) is 6.19. The van der Waals surface area contributed by atoms with Gasteiger partial charge in [-0.15, -0.1) is 0 Å². The van der Waals surface area contributed by atoms with Gasteiger partial charge in [-0.3, -0.25) is 4.79 Å². The molecule has 0 radical (unpaired) electrons. The highest BCUT2D eigenvalue weighted by atomic mass is 79.9. The third-order valence-electron chi connectivity index (χ3n) is 2.33. The van der Waals surface area contributed by atoms with Crippen LogP contribution < -0.4 is 5.32 Å². The Balaban J connectivity index is 2.54. The standard InChI is InChI=1S/C12H14BrNO4/c13-9-3-1-8(2-4-9)7-11(16)14-10(5-6-15)12(17)18/h1-4,10,15H,5-7H2,(H,14,16)(H,17,18). The summed E-state index contributed by atoms with van der Waals surface area (Å²) in [6.07, 6.45) is 0.115. The van der Waals surface area contributed by atoms with Crippen molar-refractivity contribution in [1.29, 1.82) is 0 Å². The third kappa shape index (κ3) is 4.85. The third-order valence-corrected chi connectivity index (χ3v) is 2.86. The topological polar surface area (TPSA) is 86.6 Å². The minimum absolute atomic E-state index is 0.00140. The molecule has 1 aromatic carbocycles. The van der Waals surface area contributed by atoms with Gasteiger partial charge in [0.1, 0.15) is 6.04 Å². The lowest BCUT2D eigenvalue weighted by Gasteiger charge is -2.13. The molecule has 0 aliphatic carbocycles. The number of carbonyl (C=O) groups is 2. The van der Waals surface area contributed by atoms with E-state index in [-0.39, 0.29) is 25.4 Å². The first-order chi connectivity index (χ1) is 8.52. The van der Waals surface area contributed by atoms with Gasteiger partial charge >= 0.3 is 5.97 Å². The smallest absolute Gasteiger partial charge is 0.326 e. The van der Waals surface area contributed by atoms with Gasteiger partial charge in [0.15, 0.2) is 0 Å². The van der Waals surface area contributed by atoms with E-state index in [9.17, 15) is 9.59 Å². The van der Waals surface area contributed by atoms with Crippen LogP contribution in [0.15, 0.2) is 28.7 Å². The number of halogens is 1. The fraction of sp³-hybridized carbons (Fsp3) is 0.333. The molecule has 1 atom stereocenters. The molecule has 1 amide bonds.